The third-order valence-electron chi connectivity index (χ3n) is 4.13. The number of amides is 2. The summed E-state index contributed by atoms with van der Waals surface area (Å²) in [7, 11) is 1.81. The van der Waals surface area contributed by atoms with Crippen LogP contribution in [0, 0.1) is 0 Å². The van der Waals surface area contributed by atoms with Crippen LogP contribution in [0.25, 0.3) is 0 Å². The minimum Gasteiger partial charge on any atom is -0.378 e. The molecular formula is C17H21N5O3. The van der Waals surface area contributed by atoms with Crippen molar-refractivity contribution < 1.29 is 14.3 Å². The number of morpholine rings is 1. The molecule has 1 aliphatic heterocycles. The SMILES string of the molecule is Cn1ncnc1CCNC(=O)c1ccc(C(=O)N2CCOCC2)cc1. The van der Waals surface area contributed by atoms with Crippen molar-refractivity contribution >= 4 is 11.8 Å². The topological polar surface area (TPSA) is 89.3 Å². The lowest BCUT2D eigenvalue weighted by Gasteiger charge is -2.26. The van der Waals surface area contributed by atoms with Gasteiger partial charge in [-0.1, -0.05) is 0 Å². The summed E-state index contributed by atoms with van der Waals surface area (Å²) in [5.41, 5.74) is 1.11. The van der Waals surface area contributed by atoms with Gasteiger partial charge in [-0.15, -0.1) is 0 Å². The number of rotatable bonds is 5. The number of nitrogens with zero attached hydrogens (tertiary/aromatic N) is 4. The van der Waals surface area contributed by atoms with Crippen LogP contribution in [0.1, 0.15) is 26.5 Å². The number of carbonyl (C=O) groups is 2. The first-order valence-electron chi connectivity index (χ1n) is 8.23. The Bertz CT molecular complexity index is 735. The summed E-state index contributed by atoms with van der Waals surface area (Å²) in [4.78, 5) is 30.4. The molecular weight excluding hydrogens is 322 g/mol. The number of hydrogen-bond donors (Lipinski definition) is 1. The van der Waals surface area contributed by atoms with Gasteiger partial charge in [-0.3, -0.25) is 14.3 Å². The van der Waals surface area contributed by atoms with Crippen LogP contribution in [0.2, 0.25) is 0 Å². The molecule has 1 aromatic carbocycles. The van der Waals surface area contributed by atoms with Crippen LogP contribution in [-0.2, 0) is 18.2 Å². The third-order valence-corrected chi connectivity index (χ3v) is 4.13. The molecule has 1 fully saturated rings. The molecule has 3 rings (SSSR count). The van der Waals surface area contributed by atoms with Gasteiger partial charge in [0.05, 0.1) is 13.2 Å². The number of hydrogen-bond acceptors (Lipinski definition) is 5. The Hall–Kier alpha value is -2.74. The number of benzene rings is 1. The van der Waals surface area contributed by atoms with Gasteiger partial charge < -0.3 is 15.0 Å². The van der Waals surface area contributed by atoms with Crippen LogP contribution in [0.4, 0.5) is 0 Å². The summed E-state index contributed by atoms with van der Waals surface area (Å²) in [6, 6.07) is 6.72. The summed E-state index contributed by atoms with van der Waals surface area (Å²) in [6.07, 6.45) is 2.09. The molecule has 0 bridgehead atoms. The van der Waals surface area contributed by atoms with Crippen LogP contribution >= 0.6 is 0 Å². The Kier molecular flexibility index (Phi) is 5.39. The summed E-state index contributed by atoms with van der Waals surface area (Å²) < 4.78 is 6.93. The molecule has 0 spiro atoms. The molecule has 1 aliphatic rings. The number of aryl methyl sites for hydroxylation is 1. The van der Waals surface area contributed by atoms with Crippen molar-refractivity contribution in [3.8, 4) is 0 Å². The Labute approximate surface area is 145 Å². The predicted octanol–water partition coefficient (Wildman–Crippen LogP) is 0.260. The van der Waals surface area contributed by atoms with E-state index < -0.39 is 0 Å². The van der Waals surface area contributed by atoms with E-state index in [9.17, 15) is 9.59 Å². The number of aromatic nitrogens is 3. The lowest BCUT2D eigenvalue weighted by Crippen LogP contribution is -2.40. The molecule has 132 valence electrons. The second kappa shape index (κ2) is 7.89. The zero-order valence-corrected chi connectivity index (χ0v) is 14.1. The quantitative estimate of drug-likeness (QED) is 0.841. The van der Waals surface area contributed by atoms with Crippen molar-refractivity contribution in [3.63, 3.8) is 0 Å². The predicted molar refractivity (Wildman–Crippen MR) is 90.2 cm³/mol. The van der Waals surface area contributed by atoms with Gasteiger partial charge in [0.1, 0.15) is 12.2 Å². The first-order chi connectivity index (χ1) is 12.1. The number of ether oxygens (including phenoxy) is 1. The standard InChI is InChI=1S/C17H21N5O3/c1-21-15(19-12-20-21)6-7-18-16(23)13-2-4-14(5-3-13)17(24)22-8-10-25-11-9-22/h2-5,12H,6-11H2,1H3,(H,18,23). The van der Waals surface area contributed by atoms with E-state index in [0.29, 0.717) is 50.4 Å². The van der Waals surface area contributed by atoms with Gasteiger partial charge in [-0.2, -0.15) is 5.10 Å². The minimum atomic E-state index is -0.174. The van der Waals surface area contributed by atoms with Gasteiger partial charge in [0, 0.05) is 44.2 Å². The molecule has 8 nitrogen and oxygen atoms in total. The zero-order chi connectivity index (χ0) is 17.6. The van der Waals surface area contributed by atoms with Crippen LogP contribution in [0.3, 0.4) is 0 Å². The average Bonchev–Trinajstić information content (AvgIpc) is 3.07. The molecule has 1 aromatic heterocycles. The van der Waals surface area contributed by atoms with E-state index in [0.717, 1.165) is 5.82 Å². The van der Waals surface area contributed by atoms with Gasteiger partial charge in [0.2, 0.25) is 0 Å². The molecule has 1 saturated heterocycles. The van der Waals surface area contributed by atoms with Gasteiger partial charge in [-0.25, -0.2) is 4.98 Å². The Morgan fingerprint density at radius 3 is 2.48 bits per heavy atom. The second-order valence-corrected chi connectivity index (χ2v) is 5.79. The molecule has 0 atom stereocenters. The molecule has 1 N–H and O–H groups in total. The van der Waals surface area contributed by atoms with Gasteiger partial charge >= 0.3 is 0 Å². The normalized spacial score (nSPS) is 14.4. The second-order valence-electron chi connectivity index (χ2n) is 5.79. The van der Waals surface area contributed by atoms with Gasteiger partial charge in [-0.05, 0) is 24.3 Å². The van der Waals surface area contributed by atoms with E-state index in [1.807, 2.05) is 7.05 Å². The van der Waals surface area contributed by atoms with Crippen LogP contribution < -0.4 is 5.32 Å². The van der Waals surface area contributed by atoms with Crippen molar-refractivity contribution in [2.24, 2.45) is 7.05 Å². The van der Waals surface area contributed by atoms with E-state index in [-0.39, 0.29) is 11.8 Å². The first-order valence-corrected chi connectivity index (χ1v) is 8.23. The highest BCUT2D eigenvalue weighted by atomic mass is 16.5. The monoisotopic (exact) mass is 343 g/mol. The summed E-state index contributed by atoms with van der Waals surface area (Å²) in [5, 5.41) is 6.83. The van der Waals surface area contributed by atoms with E-state index in [1.54, 1.807) is 33.8 Å². The lowest BCUT2D eigenvalue weighted by atomic mass is 10.1. The molecule has 0 unspecified atom stereocenters. The summed E-state index contributed by atoms with van der Waals surface area (Å²) in [5.74, 6) is 0.608. The molecule has 0 radical (unpaired) electrons. The highest BCUT2D eigenvalue weighted by Gasteiger charge is 2.18. The third kappa shape index (κ3) is 4.21. The number of carbonyl (C=O) groups excluding carboxylic acids is 2. The van der Waals surface area contributed by atoms with Gasteiger partial charge in [0.15, 0.2) is 0 Å². The Morgan fingerprint density at radius 2 is 1.84 bits per heavy atom. The fourth-order valence-corrected chi connectivity index (χ4v) is 2.65. The fourth-order valence-electron chi connectivity index (χ4n) is 2.65. The molecule has 0 aliphatic carbocycles. The van der Waals surface area contributed by atoms with Crippen LogP contribution in [0.15, 0.2) is 30.6 Å². The van der Waals surface area contributed by atoms with Crippen molar-refractivity contribution in [1.82, 2.24) is 25.0 Å². The van der Waals surface area contributed by atoms with E-state index >= 15 is 0 Å². The highest BCUT2D eigenvalue weighted by Crippen LogP contribution is 2.09. The summed E-state index contributed by atoms with van der Waals surface area (Å²) >= 11 is 0. The maximum absolute atomic E-state index is 12.4. The first kappa shape index (κ1) is 17.1. The number of nitrogens with one attached hydrogen (secondary N) is 1. The molecule has 25 heavy (non-hydrogen) atoms. The molecule has 8 heteroatoms. The lowest BCUT2D eigenvalue weighted by molar-refractivity contribution is 0.0303. The highest BCUT2D eigenvalue weighted by molar-refractivity contribution is 5.97. The van der Waals surface area contributed by atoms with Crippen molar-refractivity contribution in [2.45, 2.75) is 6.42 Å². The fraction of sp³-hybridized carbons (Fsp3) is 0.412. The molecule has 0 saturated carbocycles. The Balaban J connectivity index is 1.53. The summed E-state index contributed by atoms with van der Waals surface area (Å²) in [6.45, 7) is 2.81. The van der Waals surface area contributed by atoms with Gasteiger partial charge in [0.25, 0.3) is 11.8 Å². The Morgan fingerprint density at radius 1 is 1.16 bits per heavy atom. The maximum Gasteiger partial charge on any atom is 0.254 e. The van der Waals surface area contributed by atoms with E-state index in [2.05, 4.69) is 15.4 Å². The van der Waals surface area contributed by atoms with E-state index in [1.165, 1.54) is 6.33 Å². The zero-order valence-electron chi connectivity index (χ0n) is 14.1. The largest absolute Gasteiger partial charge is 0.378 e. The smallest absolute Gasteiger partial charge is 0.254 e. The average molecular weight is 343 g/mol. The van der Waals surface area contributed by atoms with Crippen LogP contribution in [-0.4, -0.2) is 64.3 Å². The molecule has 2 heterocycles. The molecule has 2 amide bonds. The van der Waals surface area contributed by atoms with Crippen molar-refractivity contribution in [2.75, 3.05) is 32.8 Å². The van der Waals surface area contributed by atoms with E-state index in [4.69, 9.17) is 4.74 Å². The van der Waals surface area contributed by atoms with Crippen LogP contribution in [0.5, 0.6) is 0 Å². The molecule has 2 aromatic rings. The van der Waals surface area contributed by atoms with Crippen molar-refractivity contribution in [1.29, 1.82) is 0 Å². The van der Waals surface area contributed by atoms with Crippen molar-refractivity contribution in [3.05, 3.63) is 47.5 Å². The minimum absolute atomic E-state index is 0.0301. The maximum atomic E-state index is 12.4.